The summed E-state index contributed by atoms with van der Waals surface area (Å²) in [6.07, 6.45) is 3.84. The van der Waals surface area contributed by atoms with Crippen molar-refractivity contribution in [3.05, 3.63) is 52.0 Å². The number of rotatable bonds is 5. The normalized spacial score (nSPS) is 11.0. The summed E-state index contributed by atoms with van der Waals surface area (Å²) in [4.78, 5) is 4.40. The third-order valence-electron chi connectivity index (χ3n) is 3.80. The van der Waals surface area contributed by atoms with E-state index in [4.69, 9.17) is 4.52 Å². The van der Waals surface area contributed by atoms with Gasteiger partial charge in [-0.1, -0.05) is 21.1 Å². The number of benzene rings is 1. The molecule has 0 spiro atoms. The summed E-state index contributed by atoms with van der Waals surface area (Å²) in [6, 6.07) is 8.18. The van der Waals surface area contributed by atoms with Gasteiger partial charge >= 0.3 is 0 Å². The second-order valence-electron chi connectivity index (χ2n) is 5.35. The molecule has 3 rings (SSSR count). The third-order valence-corrected chi connectivity index (χ3v) is 4.30. The molecule has 0 bridgehead atoms. The van der Waals surface area contributed by atoms with E-state index in [0.29, 0.717) is 0 Å². The largest absolute Gasteiger partial charge is 0.384 e. The summed E-state index contributed by atoms with van der Waals surface area (Å²) in [5, 5.41) is 8.64. The lowest BCUT2D eigenvalue weighted by atomic mass is 10.1. The molecule has 0 atom stereocenters. The monoisotopic (exact) mass is 359 g/mol. The highest BCUT2D eigenvalue weighted by Crippen LogP contribution is 2.24. The third kappa shape index (κ3) is 3.14. The van der Waals surface area contributed by atoms with Gasteiger partial charge < -0.3 is 9.84 Å². The molecule has 0 saturated carbocycles. The van der Waals surface area contributed by atoms with Crippen LogP contribution in [0.5, 0.6) is 0 Å². The van der Waals surface area contributed by atoms with Crippen molar-refractivity contribution < 1.29 is 4.52 Å². The Morgan fingerprint density at radius 2 is 2.09 bits per heavy atom. The van der Waals surface area contributed by atoms with Gasteiger partial charge in [-0.05, 0) is 51.0 Å². The van der Waals surface area contributed by atoms with E-state index in [1.807, 2.05) is 38.2 Å². The molecule has 0 aliphatic heterocycles. The number of anilines is 1. The maximum atomic E-state index is 5.20. The lowest BCUT2D eigenvalue weighted by Gasteiger charge is -2.09. The van der Waals surface area contributed by atoms with E-state index in [0.717, 1.165) is 51.9 Å². The Kier molecular flexibility index (Phi) is 4.43. The Labute approximate surface area is 138 Å². The van der Waals surface area contributed by atoms with Crippen molar-refractivity contribution in [3.63, 3.8) is 0 Å². The lowest BCUT2D eigenvalue weighted by molar-refractivity contribution is 0.392. The van der Waals surface area contributed by atoms with E-state index in [-0.39, 0.29) is 0 Å². The molecule has 5 heteroatoms. The molecule has 0 radical (unpaired) electrons. The fourth-order valence-corrected chi connectivity index (χ4v) is 2.97. The van der Waals surface area contributed by atoms with Crippen LogP contribution in [0.15, 0.2) is 39.5 Å². The summed E-state index contributed by atoms with van der Waals surface area (Å²) in [7, 11) is 0. The number of nitrogens with zero attached hydrogens (tertiary/aromatic N) is 2. The zero-order valence-corrected chi connectivity index (χ0v) is 14.3. The average Bonchev–Trinajstić information content (AvgIpc) is 2.82. The molecule has 3 aromatic rings. The Balaban J connectivity index is 1.65. The fraction of sp³-hybridized carbons (Fsp3) is 0.294. The van der Waals surface area contributed by atoms with Crippen LogP contribution < -0.4 is 5.32 Å². The van der Waals surface area contributed by atoms with E-state index in [1.54, 1.807) is 0 Å². The van der Waals surface area contributed by atoms with Crippen LogP contribution in [0.3, 0.4) is 0 Å². The van der Waals surface area contributed by atoms with Crippen LogP contribution in [0.25, 0.3) is 10.9 Å². The fourth-order valence-electron chi connectivity index (χ4n) is 2.62. The molecule has 2 heterocycles. The highest BCUT2D eigenvalue weighted by atomic mass is 79.9. The zero-order valence-electron chi connectivity index (χ0n) is 12.7. The van der Waals surface area contributed by atoms with Crippen LogP contribution in [-0.4, -0.2) is 16.7 Å². The molecule has 0 unspecified atom stereocenters. The predicted molar refractivity (Wildman–Crippen MR) is 92.2 cm³/mol. The molecule has 4 nitrogen and oxygen atoms in total. The first kappa shape index (κ1) is 15.0. The van der Waals surface area contributed by atoms with Gasteiger partial charge in [0.1, 0.15) is 5.76 Å². The first-order valence-corrected chi connectivity index (χ1v) is 8.14. The van der Waals surface area contributed by atoms with Crippen LogP contribution in [0.4, 0.5) is 5.69 Å². The number of halogens is 1. The van der Waals surface area contributed by atoms with E-state index < -0.39 is 0 Å². The molecular formula is C17H18BrN3O. The summed E-state index contributed by atoms with van der Waals surface area (Å²) < 4.78 is 6.24. The molecule has 0 fully saturated rings. The minimum Gasteiger partial charge on any atom is -0.384 e. The summed E-state index contributed by atoms with van der Waals surface area (Å²) in [5.74, 6) is 0.928. The summed E-state index contributed by atoms with van der Waals surface area (Å²) >= 11 is 3.48. The SMILES string of the molecule is Cc1noc(C)c1CCCNc1ccnc2cc(Br)ccc12. The van der Waals surface area contributed by atoms with Gasteiger partial charge in [0.25, 0.3) is 0 Å². The number of fused-ring (bicyclic) bond motifs is 1. The van der Waals surface area contributed by atoms with E-state index in [1.165, 1.54) is 5.56 Å². The minimum absolute atomic E-state index is 0.902. The predicted octanol–water partition coefficient (Wildman–Crippen LogP) is 4.65. The standard InChI is InChI=1S/C17H18BrN3O/c1-11-14(12(2)22-21-11)4-3-8-19-16-7-9-20-17-10-13(18)5-6-15(16)17/h5-7,9-10H,3-4,8H2,1-2H3,(H,19,20). The van der Waals surface area contributed by atoms with Crippen molar-refractivity contribution in [2.24, 2.45) is 0 Å². The van der Waals surface area contributed by atoms with Crippen LogP contribution in [0.1, 0.15) is 23.4 Å². The summed E-state index contributed by atoms with van der Waals surface area (Å²) in [6.45, 7) is 4.86. The first-order valence-electron chi connectivity index (χ1n) is 7.35. The molecule has 1 N–H and O–H groups in total. The van der Waals surface area contributed by atoms with Crippen molar-refractivity contribution >= 4 is 32.5 Å². The van der Waals surface area contributed by atoms with Crippen LogP contribution in [0, 0.1) is 13.8 Å². The van der Waals surface area contributed by atoms with Crippen LogP contribution >= 0.6 is 15.9 Å². The maximum Gasteiger partial charge on any atom is 0.137 e. The molecule has 22 heavy (non-hydrogen) atoms. The maximum absolute atomic E-state index is 5.20. The van der Waals surface area contributed by atoms with Gasteiger partial charge in [-0.3, -0.25) is 4.98 Å². The Hall–Kier alpha value is -1.88. The van der Waals surface area contributed by atoms with Crippen molar-refractivity contribution in [1.29, 1.82) is 0 Å². The molecule has 0 aliphatic carbocycles. The van der Waals surface area contributed by atoms with Crippen molar-refractivity contribution in [2.75, 3.05) is 11.9 Å². The lowest BCUT2D eigenvalue weighted by Crippen LogP contribution is -2.04. The van der Waals surface area contributed by atoms with Gasteiger partial charge in [0.05, 0.1) is 11.2 Å². The average molecular weight is 360 g/mol. The number of hydrogen-bond acceptors (Lipinski definition) is 4. The van der Waals surface area contributed by atoms with Gasteiger partial charge in [0, 0.05) is 33.9 Å². The number of hydrogen-bond donors (Lipinski definition) is 1. The summed E-state index contributed by atoms with van der Waals surface area (Å²) in [5.41, 5.74) is 4.34. The number of nitrogens with one attached hydrogen (secondary N) is 1. The quantitative estimate of drug-likeness (QED) is 0.673. The van der Waals surface area contributed by atoms with Crippen molar-refractivity contribution in [3.8, 4) is 0 Å². The van der Waals surface area contributed by atoms with Crippen LogP contribution in [0.2, 0.25) is 0 Å². The van der Waals surface area contributed by atoms with E-state index in [2.05, 4.69) is 37.5 Å². The molecule has 0 amide bonds. The van der Waals surface area contributed by atoms with Gasteiger partial charge in [0.15, 0.2) is 0 Å². The minimum atomic E-state index is 0.902. The van der Waals surface area contributed by atoms with E-state index in [9.17, 15) is 0 Å². The molecule has 0 saturated heterocycles. The van der Waals surface area contributed by atoms with Crippen molar-refractivity contribution in [2.45, 2.75) is 26.7 Å². The first-order chi connectivity index (χ1) is 10.6. The second kappa shape index (κ2) is 6.48. The van der Waals surface area contributed by atoms with E-state index >= 15 is 0 Å². The molecule has 2 aromatic heterocycles. The Morgan fingerprint density at radius 3 is 2.86 bits per heavy atom. The van der Waals surface area contributed by atoms with Gasteiger partial charge in [-0.2, -0.15) is 0 Å². The highest BCUT2D eigenvalue weighted by Gasteiger charge is 2.08. The smallest absolute Gasteiger partial charge is 0.137 e. The molecule has 0 aliphatic rings. The van der Waals surface area contributed by atoms with Gasteiger partial charge in [-0.25, -0.2) is 0 Å². The van der Waals surface area contributed by atoms with Gasteiger partial charge in [-0.15, -0.1) is 0 Å². The number of aryl methyl sites for hydroxylation is 2. The second-order valence-corrected chi connectivity index (χ2v) is 6.27. The van der Waals surface area contributed by atoms with Crippen LogP contribution in [-0.2, 0) is 6.42 Å². The van der Waals surface area contributed by atoms with Gasteiger partial charge in [0.2, 0.25) is 0 Å². The Bertz CT molecular complexity index is 778. The number of pyridine rings is 1. The highest BCUT2D eigenvalue weighted by molar-refractivity contribution is 9.10. The molecular weight excluding hydrogens is 342 g/mol. The topological polar surface area (TPSA) is 51.0 Å². The molecule has 1 aromatic carbocycles. The Morgan fingerprint density at radius 1 is 1.23 bits per heavy atom. The zero-order chi connectivity index (χ0) is 15.5. The molecule has 114 valence electrons. The number of aromatic nitrogens is 2. The van der Waals surface area contributed by atoms with Crippen molar-refractivity contribution in [1.82, 2.24) is 10.1 Å².